The van der Waals surface area contributed by atoms with Gasteiger partial charge in [0.15, 0.2) is 0 Å². The van der Waals surface area contributed by atoms with Crippen LogP contribution in [0.25, 0.3) is 0 Å². The Morgan fingerprint density at radius 1 is 1.73 bits per heavy atom. The van der Waals surface area contributed by atoms with Gasteiger partial charge in [0.1, 0.15) is 0 Å². The highest BCUT2D eigenvalue weighted by atomic mass is 16.5. The molecule has 2 N–H and O–H groups in total. The molecule has 1 unspecified atom stereocenters. The molecular weight excluding hydrogens is 146 g/mol. The van der Waals surface area contributed by atoms with Gasteiger partial charge in [0, 0.05) is 13.0 Å². The number of carbonyl (C=O) groups is 1. The predicted molar refractivity (Wildman–Crippen MR) is 39.1 cm³/mol. The molecule has 0 aromatic carbocycles. The van der Waals surface area contributed by atoms with E-state index >= 15 is 0 Å². The maximum atomic E-state index is 10.9. The largest absolute Gasteiger partial charge is 0.396 e. The smallest absolute Gasteiger partial charge is 0.222 e. The summed E-state index contributed by atoms with van der Waals surface area (Å²) in [5.74, 6) is -0.0944. The van der Waals surface area contributed by atoms with Crippen LogP contribution in [0.5, 0.6) is 0 Å². The summed E-state index contributed by atoms with van der Waals surface area (Å²) >= 11 is 0. The van der Waals surface area contributed by atoms with Crippen LogP contribution in [-0.2, 0) is 9.53 Å². The fourth-order valence-electron chi connectivity index (χ4n) is 1.05. The van der Waals surface area contributed by atoms with Gasteiger partial charge in [0.25, 0.3) is 0 Å². The third-order valence-electron chi connectivity index (χ3n) is 1.63. The second-order valence-corrected chi connectivity index (χ2v) is 2.60. The van der Waals surface area contributed by atoms with E-state index in [1.165, 1.54) is 0 Å². The molecule has 4 heteroatoms. The molecule has 0 aromatic rings. The van der Waals surface area contributed by atoms with Crippen LogP contribution in [0.1, 0.15) is 12.8 Å². The van der Waals surface area contributed by atoms with Crippen LogP contribution in [0.4, 0.5) is 0 Å². The monoisotopic (exact) mass is 159 g/mol. The van der Waals surface area contributed by atoms with Gasteiger partial charge in [-0.2, -0.15) is 0 Å². The second-order valence-electron chi connectivity index (χ2n) is 2.60. The van der Waals surface area contributed by atoms with Crippen LogP contribution in [0.3, 0.4) is 0 Å². The highest BCUT2D eigenvalue weighted by molar-refractivity contribution is 5.76. The van der Waals surface area contributed by atoms with Crippen LogP contribution >= 0.6 is 0 Å². The maximum absolute atomic E-state index is 10.9. The minimum atomic E-state index is -0.0944. The number of aliphatic hydroxyl groups is 1. The lowest BCUT2D eigenvalue weighted by atomic mass is 10.2. The van der Waals surface area contributed by atoms with Crippen molar-refractivity contribution < 1.29 is 14.6 Å². The number of hydrogen-bond donors (Lipinski definition) is 2. The van der Waals surface area contributed by atoms with E-state index in [2.05, 4.69) is 5.32 Å². The molecule has 0 saturated carbocycles. The lowest BCUT2D eigenvalue weighted by molar-refractivity contribution is -0.122. The van der Waals surface area contributed by atoms with Gasteiger partial charge in [-0.3, -0.25) is 4.79 Å². The van der Waals surface area contributed by atoms with Gasteiger partial charge in [-0.1, -0.05) is 0 Å². The number of carbonyl (C=O) groups excluding carboxylic acids is 1. The molecule has 4 nitrogen and oxygen atoms in total. The van der Waals surface area contributed by atoms with Crippen molar-refractivity contribution in [3.05, 3.63) is 0 Å². The van der Waals surface area contributed by atoms with Gasteiger partial charge < -0.3 is 15.2 Å². The van der Waals surface area contributed by atoms with Crippen LogP contribution in [0.2, 0.25) is 0 Å². The second kappa shape index (κ2) is 4.31. The van der Waals surface area contributed by atoms with Gasteiger partial charge in [0.05, 0.1) is 19.3 Å². The normalized spacial score (nSPS) is 23.5. The van der Waals surface area contributed by atoms with Gasteiger partial charge >= 0.3 is 0 Å². The van der Waals surface area contributed by atoms with Crippen molar-refractivity contribution in [1.82, 2.24) is 5.32 Å². The Balaban J connectivity index is 2.13. The molecule has 1 atom stereocenters. The van der Waals surface area contributed by atoms with Gasteiger partial charge in [-0.15, -0.1) is 0 Å². The number of rotatable bonds is 3. The van der Waals surface area contributed by atoms with E-state index in [1.807, 2.05) is 0 Å². The lowest BCUT2D eigenvalue weighted by Crippen LogP contribution is -2.35. The minimum absolute atomic E-state index is 0.0839. The van der Waals surface area contributed by atoms with E-state index in [4.69, 9.17) is 9.84 Å². The third-order valence-corrected chi connectivity index (χ3v) is 1.63. The summed E-state index contributed by atoms with van der Waals surface area (Å²) in [6, 6.07) is 0.161. The summed E-state index contributed by atoms with van der Waals surface area (Å²) in [4.78, 5) is 10.9. The fraction of sp³-hybridized carbons (Fsp3) is 0.857. The molecule has 1 rings (SSSR count). The van der Waals surface area contributed by atoms with Crippen molar-refractivity contribution in [3.8, 4) is 0 Å². The summed E-state index contributed by atoms with van der Waals surface area (Å²) in [6.07, 6.45) is 1.08. The zero-order valence-corrected chi connectivity index (χ0v) is 6.38. The Labute approximate surface area is 65.5 Å². The molecule has 1 aliphatic heterocycles. The van der Waals surface area contributed by atoms with E-state index < -0.39 is 0 Å². The SMILES string of the molecule is O=C(CCO)NC1CCOC1. The number of nitrogens with one attached hydrogen (secondary N) is 1. The number of aliphatic hydroxyl groups excluding tert-OH is 1. The topological polar surface area (TPSA) is 58.6 Å². The molecular formula is C7H13NO3. The first-order chi connectivity index (χ1) is 5.33. The van der Waals surface area contributed by atoms with Crippen LogP contribution < -0.4 is 5.32 Å². The van der Waals surface area contributed by atoms with Gasteiger partial charge in [-0.25, -0.2) is 0 Å². The quantitative estimate of drug-likeness (QED) is 0.571. The molecule has 1 aliphatic rings. The molecule has 64 valence electrons. The molecule has 1 amide bonds. The van der Waals surface area contributed by atoms with Crippen LogP contribution in [-0.4, -0.2) is 36.9 Å². The van der Waals surface area contributed by atoms with Gasteiger partial charge in [0.2, 0.25) is 5.91 Å². The molecule has 0 spiro atoms. The summed E-state index contributed by atoms with van der Waals surface area (Å²) in [5.41, 5.74) is 0. The van der Waals surface area contributed by atoms with Crippen molar-refractivity contribution in [2.75, 3.05) is 19.8 Å². The number of amides is 1. The molecule has 1 saturated heterocycles. The van der Waals surface area contributed by atoms with E-state index in [0.29, 0.717) is 6.61 Å². The average molecular weight is 159 g/mol. The van der Waals surface area contributed by atoms with Gasteiger partial charge in [-0.05, 0) is 6.42 Å². The standard InChI is InChI=1S/C7H13NO3/c9-3-1-7(10)8-6-2-4-11-5-6/h6,9H,1-5H2,(H,8,10). The van der Waals surface area contributed by atoms with Crippen molar-refractivity contribution in [1.29, 1.82) is 0 Å². The average Bonchev–Trinajstić information content (AvgIpc) is 2.40. The number of ether oxygens (including phenoxy) is 1. The molecule has 0 aliphatic carbocycles. The summed E-state index contributed by atoms with van der Waals surface area (Å²) in [5, 5.41) is 11.2. The molecule has 1 fully saturated rings. The molecule has 0 radical (unpaired) electrons. The zero-order chi connectivity index (χ0) is 8.10. The molecule has 1 heterocycles. The van der Waals surface area contributed by atoms with Crippen molar-refractivity contribution in [3.63, 3.8) is 0 Å². The molecule has 11 heavy (non-hydrogen) atoms. The van der Waals surface area contributed by atoms with E-state index in [0.717, 1.165) is 13.0 Å². The summed E-state index contributed by atoms with van der Waals surface area (Å²) in [7, 11) is 0. The zero-order valence-electron chi connectivity index (χ0n) is 6.38. The Hall–Kier alpha value is -0.610. The van der Waals surface area contributed by atoms with E-state index in [9.17, 15) is 4.79 Å². The highest BCUT2D eigenvalue weighted by Gasteiger charge is 2.16. The van der Waals surface area contributed by atoms with Crippen LogP contribution in [0, 0.1) is 0 Å². The Bertz CT molecular complexity index is 132. The minimum Gasteiger partial charge on any atom is -0.396 e. The summed E-state index contributed by atoms with van der Waals surface area (Å²) in [6.45, 7) is 1.25. The molecule has 0 aromatic heterocycles. The fourth-order valence-corrected chi connectivity index (χ4v) is 1.05. The Morgan fingerprint density at radius 2 is 2.55 bits per heavy atom. The first-order valence-corrected chi connectivity index (χ1v) is 3.81. The van der Waals surface area contributed by atoms with Crippen molar-refractivity contribution in [2.45, 2.75) is 18.9 Å². The Kier molecular flexibility index (Phi) is 3.32. The first kappa shape index (κ1) is 8.49. The Morgan fingerprint density at radius 3 is 3.09 bits per heavy atom. The maximum Gasteiger partial charge on any atom is 0.222 e. The third kappa shape index (κ3) is 2.86. The summed E-state index contributed by atoms with van der Waals surface area (Å²) < 4.78 is 5.06. The first-order valence-electron chi connectivity index (χ1n) is 3.81. The van der Waals surface area contributed by atoms with Crippen molar-refractivity contribution >= 4 is 5.91 Å². The van der Waals surface area contributed by atoms with Crippen LogP contribution in [0.15, 0.2) is 0 Å². The van der Waals surface area contributed by atoms with E-state index in [1.54, 1.807) is 0 Å². The highest BCUT2D eigenvalue weighted by Crippen LogP contribution is 2.02. The van der Waals surface area contributed by atoms with Crippen molar-refractivity contribution in [2.24, 2.45) is 0 Å². The predicted octanol–water partition coefficient (Wildman–Crippen LogP) is -0.726. The van der Waals surface area contributed by atoms with E-state index in [-0.39, 0.29) is 25.0 Å². The number of hydrogen-bond acceptors (Lipinski definition) is 3. The lowest BCUT2D eigenvalue weighted by Gasteiger charge is -2.08. The molecule has 0 bridgehead atoms.